The molecule has 1 fully saturated rings. The summed E-state index contributed by atoms with van der Waals surface area (Å²) in [5.74, 6) is 0.512. The number of nitrogens with zero attached hydrogens (tertiary/aromatic N) is 2. The van der Waals surface area contributed by atoms with E-state index < -0.39 is 0 Å². The predicted molar refractivity (Wildman–Crippen MR) is 105 cm³/mol. The Morgan fingerprint density at radius 1 is 1.10 bits per heavy atom. The van der Waals surface area contributed by atoms with E-state index in [9.17, 15) is 14.4 Å². The lowest BCUT2D eigenvalue weighted by Gasteiger charge is -2.31. The SMILES string of the molecule is CCN(CC1COc2ccccc2O1)C(=O)CCN1C(=O)C2CC=CCC2C1=O. The van der Waals surface area contributed by atoms with Crippen LogP contribution >= 0.6 is 0 Å². The molecule has 2 heterocycles. The van der Waals surface area contributed by atoms with Gasteiger partial charge < -0.3 is 14.4 Å². The first-order valence-corrected chi connectivity index (χ1v) is 10.2. The Labute approximate surface area is 170 Å². The van der Waals surface area contributed by atoms with Gasteiger partial charge in [-0.15, -0.1) is 0 Å². The van der Waals surface area contributed by atoms with Crippen molar-refractivity contribution in [3.05, 3.63) is 36.4 Å². The quantitative estimate of drug-likeness (QED) is 0.541. The van der Waals surface area contributed by atoms with E-state index >= 15 is 0 Å². The van der Waals surface area contributed by atoms with Crippen molar-refractivity contribution in [2.24, 2.45) is 11.8 Å². The molecular formula is C22H26N2O5. The van der Waals surface area contributed by atoms with Gasteiger partial charge in [-0.1, -0.05) is 24.3 Å². The highest BCUT2D eigenvalue weighted by Crippen LogP contribution is 2.35. The van der Waals surface area contributed by atoms with E-state index in [1.165, 1.54) is 4.90 Å². The first kappa shape index (κ1) is 19.5. The summed E-state index contributed by atoms with van der Waals surface area (Å²) < 4.78 is 11.7. The molecule has 3 aliphatic rings. The van der Waals surface area contributed by atoms with E-state index in [4.69, 9.17) is 9.47 Å². The van der Waals surface area contributed by atoms with Gasteiger partial charge in [-0.3, -0.25) is 19.3 Å². The minimum absolute atomic E-state index is 0.0939. The molecule has 4 rings (SSSR count). The summed E-state index contributed by atoms with van der Waals surface area (Å²) in [4.78, 5) is 40.8. The van der Waals surface area contributed by atoms with Crippen molar-refractivity contribution in [3.63, 3.8) is 0 Å². The van der Waals surface area contributed by atoms with Crippen LogP contribution in [0.4, 0.5) is 0 Å². The molecule has 0 N–H and O–H groups in total. The number of para-hydroxylation sites is 2. The van der Waals surface area contributed by atoms with Crippen molar-refractivity contribution in [3.8, 4) is 11.5 Å². The van der Waals surface area contributed by atoms with Crippen molar-refractivity contribution < 1.29 is 23.9 Å². The lowest BCUT2D eigenvalue weighted by Crippen LogP contribution is -2.44. The summed E-state index contributed by atoms with van der Waals surface area (Å²) in [6, 6.07) is 7.46. The maximum Gasteiger partial charge on any atom is 0.233 e. The van der Waals surface area contributed by atoms with Crippen LogP contribution in [-0.2, 0) is 14.4 Å². The zero-order valence-corrected chi connectivity index (χ0v) is 16.6. The van der Waals surface area contributed by atoms with Gasteiger partial charge in [0.05, 0.1) is 18.4 Å². The van der Waals surface area contributed by atoms with Gasteiger partial charge in [0.1, 0.15) is 6.61 Å². The highest BCUT2D eigenvalue weighted by atomic mass is 16.6. The second-order valence-electron chi connectivity index (χ2n) is 7.66. The van der Waals surface area contributed by atoms with E-state index in [0.29, 0.717) is 44.0 Å². The lowest BCUT2D eigenvalue weighted by molar-refractivity contribution is -0.141. The number of hydrogen-bond donors (Lipinski definition) is 0. The number of benzene rings is 1. The van der Waals surface area contributed by atoms with Crippen LogP contribution in [0, 0.1) is 11.8 Å². The number of likely N-dealkylation sites (tertiary alicyclic amines) is 1. The summed E-state index contributed by atoms with van der Waals surface area (Å²) in [7, 11) is 0. The molecule has 1 aromatic carbocycles. The van der Waals surface area contributed by atoms with Crippen LogP contribution in [-0.4, -0.2) is 59.9 Å². The van der Waals surface area contributed by atoms with Gasteiger partial charge in [0.25, 0.3) is 0 Å². The van der Waals surface area contributed by atoms with Crippen molar-refractivity contribution in [2.75, 3.05) is 26.2 Å². The predicted octanol–water partition coefficient (Wildman–Crippen LogP) is 2.02. The minimum Gasteiger partial charge on any atom is -0.486 e. The smallest absolute Gasteiger partial charge is 0.233 e. The van der Waals surface area contributed by atoms with Crippen LogP contribution < -0.4 is 9.47 Å². The number of ether oxygens (including phenoxy) is 2. The highest BCUT2D eigenvalue weighted by Gasteiger charge is 2.47. The van der Waals surface area contributed by atoms with Crippen LogP contribution in [0.25, 0.3) is 0 Å². The van der Waals surface area contributed by atoms with Crippen molar-refractivity contribution in [2.45, 2.75) is 32.3 Å². The summed E-state index contributed by atoms with van der Waals surface area (Å²) in [5.41, 5.74) is 0. The third kappa shape index (κ3) is 3.86. The van der Waals surface area contributed by atoms with Gasteiger partial charge >= 0.3 is 0 Å². The number of imide groups is 1. The average Bonchev–Trinajstić information content (AvgIpc) is 3.00. The number of fused-ring (bicyclic) bond motifs is 2. The fourth-order valence-electron chi connectivity index (χ4n) is 4.26. The summed E-state index contributed by atoms with van der Waals surface area (Å²) >= 11 is 0. The zero-order chi connectivity index (χ0) is 20.4. The number of amides is 3. The van der Waals surface area contributed by atoms with Gasteiger partial charge in [0.2, 0.25) is 17.7 Å². The zero-order valence-electron chi connectivity index (χ0n) is 16.6. The molecule has 7 nitrogen and oxygen atoms in total. The van der Waals surface area contributed by atoms with E-state index in [0.717, 1.165) is 0 Å². The second kappa shape index (κ2) is 8.27. The molecule has 3 atom stereocenters. The van der Waals surface area contributed by atoms with E-state index in [1.54, 1.807) is 4.90 Å². The van der Waals surface area contributed by atoms with Crippen LogP contribution in [0.5, 0.6) is 11.5 Å². The Hall–Kier alpha value is -2.83. The molecule has 0 bridgehead atoms. The Bertz CT molecular complexity index is 810. The van der Waals surface area contributed by atoms with Crippen LogP contribution in [0.1, 0.15) is 26.2 Å². The number of allylic oxidation sites excluding steroid dienone is 2. The first-order valence-electron chi connectivity index (χ1n) is 10.2. The maximum absolute atomic E-state index is 12.7. The standard InChI is InChI=1S/C22H26N2O5/c1-2-23(13-15-14-28-18-9-5-6-10-19(18)29-15)20(25)11-12-24-21(26)16-7-3-4-8-17(16)22(24)27/h3-6,9-10,15-17H,2,7-8,11-14H2,1H3. The Morgan fingerprint density at radius 2 is 1.76 bits per heavy atom. The molecule has 2 aliphatic heterocycles. The molecule has 1 aromatic rings. The van der Waals surface area contributed by atoms with Gasteiger partial charge in [0.15, 0.2) is 17.6 Å². The Morgan fingerprint density at radius 3 is 2.41 bits per heavy atom. The van der Waals surface area contributed by atoms with Gasteiger partial charge in [0, 0.05) is 19.5 Å². The Kier molecular flexibility index (Phi) is 5.56. The number of rotatable bonds is 6. The van der Waals surface area contributed by atoms with E-state index in [2.05, 4.69) is 0 Å². The molecule has 0 aromatic heterocycles. The number of carbonyl (C=O) groups is 3. The third-order valence-corrected chi connectivity index (χ3v) is 5.87. The molecule has 29 heavy (non-hydrogen) atoms. The molecular weight excluding hydrogens is 372 g/mol. The molecule has 3 amide bonds. The fraction of sp³-hybridized carbons (Fsp3) is 0.500. The first-order chi connectivity index (χ1) is 14.1. The second-order valence-corrected chi connectivity index (χ2v) is 7.66. The monoisotopic (exact) mass is 398 g/mol. The van der Waals surface area contributed by atoms with Crippen molar-refractivity contribution >= 4 is 17.7 Å². The van der Waals surface area contributed by atoms with Crippen LogP contribution in [0.2, 0.25) is 0 Å². The molecule has 1 aliphatic carbocycles. The Balaban J connectivity index is 1.32. The molecule has 154 valence electrons. The number of likely N-dealkylation sites (N-methyl/N-ethyl adjacent to an activating group) is 1. The average molecular weight is 398 g/mol. The molecule has 3 unspecified atom stereocenters. The molecule has 7 heteroatoms. The van der Waals surface area contributed by atoms with Crippen LogP contribution in [0.15, 0.2) is 36.4 Å². The summed E-state index contributed by atoms with van der Waals surface area (Å²) in [5, 5.41) is 0. The fourth-order valence-corrected chi connectivity index (χ4v) is 4.26. The lowest BCUT2D eigenvalue weighted by atomic mass is 9.85. The maximum atomic E-state index is 12.7. The normalized spacial score (nSPS) is 25.1. The number of hydrogen-bond acceptors (Lipinski definition) is 5. The third-order valence-electron chi connectivity index (χ3n) is 5.87. The molecule has 0 saturated carbocycles. The molecule has 1 saturated heterocycles. The van der Waals surface area contributed by atoms with Crippen molar-refractivity contribution in [1.82, 2.24) is 9.80 Å². The largest absolute Gasteiger partial charge is 0.486 e. The van der Waals surface area contributed by atoms with Gasteiger partial charge in [-0.2, -0.15) is 0 Å². The molecule has 0 radical (unpaired) electrons. The minimum atomic E-state index is -0.252. The van der Waals surface area contributed by atoms with Gasteiger partial charge in [-0.05, 0) is 31.9 Å². The highest BCUT2D eigenvalue weighted by molar-refractivity contribution is 6.05. The molecule has 0 spiro atoms. The van der Waals surface area contributed by atoms with Crippen LogP contribution in [0.3, 0.4) is 0 Å². The topological polar surface area (TPSA) is 76.2 Å². The summed E-state index contributed by atoms with van der Waals surface area (Å²) in [6.45, 7) is 3.35. The van der Waals surface area contributed by atoms with Crippen molar-refractivity contribution in [1.29, 1.82) is 0 Å². The van der Waals surface area contributed by atoms with E-state index in [-0.39, 0.29) is 48.6 Å². The number of carbonyl (C=O) groups excluding carboxylic acids is 3. The van der Waals surface area contributed by atoms with Gasteiger partial charge in [-0.25, -0.2) is 0 Å². The summed E-state index contributed by atoms with van der Waals surface area (Å²) in [6.07, 6.45) is 5.03. The van der Waals surface area contributed by atoms with E-state index in [1.807, 2.05) is 43.3 Å².